The van der Waals surface area contributed by atoms with Crippen LogP contribution in [0.1, 0.15) is 11.6 Å². The second kappa shape index (κ2) is 7.78. The minimum Gasteiger partial charge on any atom is -0.467 e. The van der Waals surface area contributed by atoms with Gasteiger partial charge in [0, 0.05) is 0 Å². The van der Waals surface area contributed by atoms with Crippen molar-refractivity contribution in [1.29, 1.82) is 0 Å². The molecule has 0 amide bonds. The Kier molecular flexibility index (Phi) is 6.77. The fraction of sp³-hybridized carbons (Fsp3) is 0.750. The molecule has 0 saturated heterocycles. The van der Waals surface area contributed by atoms with Gasteiger partial charge >= 0.3 is 53.9 Å². The highest BCUT2D eigenvalue weighted by molar-refractivity contribution is 5.28. The zero-order valence-electron chi connectivity index (χ0n) is 15.1. The lowest BCUT2D eigenvalue weighted by atomic mass is 9.82. The van der Waals surface area contributed by atoms with Crippen LogP contribution in [0, 0.1) is 0 Å². The fourth-order valence-corrected chi connectivity index (χ4v) is 2.51. The number of hydrogen-bond donors (Lipinski definition) is 0. The average Bonchev–Trinajstić information content (AvgIpc) is 2.46. The van der Waals surface area contributed by atoms with E-state index in [1.165, 1.54) is 4.98 Å². The number of rotatable bonds is 3. The maximum atomic E-state index is 13.2. The van der Waals surface area contributed by atoms with Gasteiger partial charge in [-0.2, -0.15) is 89.0 Å². The summed E-state index contributed by atoms with van der Waals surface area (Å²) in [5, 5.41) is 0. The first kappa shape index (κ1) is 29.6. The SMILES string of the molecule is COc1nc(C(C(F)(F)F)(C(F)(F)F)C(F)(F)F)nc(C(C(F)(F)F)(C(F)(F)F)C(F)(F)F)n1. The lowest BCUT2D eigenvalue weighted by molar-refractivity contribution is -0.391. The molecule has 0 aliphatic carbocycles. The number of alkyl halides is 18. The zero-order valence-corrected chi connectivity index (χ0v) is 15.1. The van der Waals surface area contributed by atoms with Crippen LogP contribution in [0.25, 0.3) is 0 Å². The van der Waals surface area contributed by atoms with Crippen molar-refractivity contribution in [3.8, 4) is 6.01 Å². The van der Waals surface area contributed by atoms with Gasteiger partial charge in [-0.15, -0.1) is 0 Å². The molecule has 0 atom stereocenters. The summed E-state index contributed by atoms with van der Waals surface area (Å²) >= 11 is 0. The minimum atomic E-state index is -7.72. The average molecular weight is 547 g/mol. The summed E-state index contributed by atoms with van der Waals surface area (Å²) in [6.07, 6.45) is -46.3. The Hall–Kier alpha value is -2.45. The minimum absolute atomic E-state index is 0.0181. The molecule has 0 fully saturated rings. The Morgan fingerprint density at radius 3 is 0.765 bits per heavy atom. The fourth-order valence-electron chi connectivity index (χ4n) is 2.51. The first-order valence-electron chi connectivity index (χ1n) is 7.36. The lowest BCUT2D eigenvalue weighted by Crippen LogP contribution is -2.66. The molecular formula is C12H3F18N3O. The second-order valence-corrected chi connectivity index (χ2v) is 5.96. The highest BCUT2D eigenvalue weighted by Gasteiger charge is 2.89. The van der Waals surface area contributed by atoms with Gasteiger partial charge in [-0.25, -0.2) is 4.98 Å². The molecule has 0 aliphatic heterocycles. The van der Waals surface area contributed by atoms with E-state index in [1.54, 1.807) is 9.97 Å². The predicted molar refractivity (Wildman–Crippen MR) is 66.1 cm³/mol. The van der Waals surface area contributed by atoms with E-state index in [0.29, 0.717) is 0 Å². The zero-order chi connectivity index (χ0) is 27.6. The number of methoxy groups -OCH3 is 1. The Labute approximate surface area is 172 Å². The Morgan fingerprint density at radius 2 is 0.618 bits per heavy atom. The van der Waals surface area contributed by atoms with E-state index >= 15 is 0 Å². The summed E-state index contributed by atoms with van der Waals surface area (Å²) in [5.74, 6) is -8.08. The maximum absolute atomic E-state index is 13.2. The number of halogens is 18. The number of aromatic nitrogens is 3. The summed E-state index contributed by atoms with van der Waals surface area (Å²) in [6, 6.07) is -2.59. The third kappa shape index (κ3) is 4.01. The number of ether oxygens (including phenoxy) is 1. The van der Waals surface area contributed by atoms with Crippen molar-refractivity contribution >= 4 is 0 Å². The predicted octanol–water partition coefficient (Wildman–Crippen LogP) is 5.73. The molecule has 22 heteroatoms. The molecule has 34 heavy (non-hydrogen) atoms. The molecular weight excluding hydrogens is 544 g/mol. The van der Waals surface area contributed by atoms with Gasteiger partial charge in [-0.1, -0.05) is 0 Å². The third-order valence-corrected chi connectivity index (χ3v) is 4.02. The van der Waals surface area contributed by atoms with Crippen molar-refractivity contribution in [2.75, 3.05) is 7.11 Å². The molecule has 0 aromatic carbocycles. The Balaban J connectivity index is 4.52. The van der Waals surface area contributed by atoms with Crippen molar-refractivity contribution in [3.05, 3.63) is 11.6 Å². The Morgan fingerprint density at radius 1 is 0.412 bits per heavy atom. The van der Waals surface area contributed by atoms with Crippen LogP contribution in [-0.4, -0.2) is 59.1 Å². The molecule has 1 heterocycles. The van der Waals surface area contributed by atoms with Gasteiger partial charge in [0.2, 0.25) is 0 Å². The van der Waals surface area contributed by atoms with E-state index in [4.69, 9.17) is 0 Å². The first-order valence-corrected chi connectivity index (χ1v) is 7.36. The van der Waals surface area contributed by atoms with E-state index in [1.807, 2.05) is 0 Å². The molecule has 0 spiro atoms. The molecule has 0 N–H and O–H groups in total. The van der Waals surface area contributed by atoms with Crippen molar-refractivity contribution in [3.63, 3.8) is 0 Å². The summed E-state index contributed by atoms with van der Waals surface area (Å²) in [5.41, 5.74) is -14.9. The summed E-state index contributed by atoms with van der Waals surface area (Å²) < 4.78 is 241. The standard InChI is InChI=1S/C12H3F18N3O/c1-34-4-32-2(5(7(13,14)15,8(16,17)18)9(19,20)21)31-3(33-4)6(10(22,23)24,11(25,26)27)12(28,29)30/h1H3. The molecule has 0 aliphatic rings. The molecule has 0 radical (unpaired) electrons. The van der Waals surface area contributed by atoms with Gasteiger partial charge in [0.05, 0.1) is 7.11 Å². The Bertz CT molecular complexity index is 746. The van der Waals surface area contributed by atoms with Crippen molar-refractivity contribution in [2.45, 2.75) is 47.9 Å². The number of hydrogen-bond acceptors (Lipinski definition) is 4. The highest BCUT2D eigenvalue weighted by atomic mass is 19.4. The quantitative estimate of drug-likeness (QED) is 0.454. The van der Waals surface area contributed by atoms with Crippen LogP contribution in [0.5, 0.6) is 6.01 Å². The maximum Gasteiger partial charge on any atom is 0.419 e. The van der Waals surface area contributed by atoms with Crippen LogP contribution >= 0.6 is 0 Å². The van der Waals surface area contributed by atoms with E-state index in [-0.39, 0.29) is 7.11 Å². The molecule has 0 bridgehead atoms. The van der Waals surface area contributed by atoms with E-state index in [9.17, 15) is 79.0 Å². The third-order valence-electron chi connectivity index (χ3n) is 4.02. The van der Waals surface area contributed by atoms with Gasteiger partial charge in [0.25, 0.3) is 0 Å². The van der Waals surface area contributed by atoms with E-state index in [0.717, 1.165) is 0 Å². The summed E-state index contributed by atoms with van der Waals surface area (Å²) in [7, 11) is -0.0181. The van der Waals surface area contributed by atoms with Gasteiger partial charge < -0.3 is 4.74 Å². The van der Waals surface area contributed by atoms with Crippen molar-refractivity contribution in [2.24, 2.45) is 0 Å². The molecule has 1 aromatic rings. The van der Waals surface area contributed by atoms with E-state index in [2.05, 4.69) is 4.74 Å². The van der Waals surface area contributed by atoms with Gasteiger partial charge in [-0.3, -0.25) is 0 Å². The molecule has 4 nitrogen and oxygen atoms in total. The van der Waals surface area contributed by atoms with Gasteiger partial charge in [0.1, 0.15) is 0 Å². The normalized spacial score (nSPS) is 15.5. The molecule has 1 aromatic heterocycles. The molecule has 198 valence electrons. The van der Waals surface area contributed by atoms with Gasteiger partial charge in [0.15, 0.2) is 11.6 Å². The van der Waals surface area contributed by atoms with Crippen molar-refractivity contribution in [1.82, 2.24) is 15.0 Å². The van der Waals surface area contributed by atoms with Crippen LogP contribution in [0.3, 0.4) is 0 Å². The monoisotopic (exact) mass is 547 g/mol. The summed E-state index contributed by atoms with van der Waals surface area (Å²) in [6.45, 7) is 0. The number of nitrogens with zero attached hydrogens (tertiary/aromatic N) is 3. The molecule has 0 saturated carbocycles. The summed E-state index contributed by atoms with van der Waals surface area (Å²) in [4.78, 5) is 4.76. The van der Waals surface area contributed by atoms with Gasteiger partial charge in [-0.05, 0) is 0 Å². The lowest BCUT2D eigenvalue weighted by Gasteiger charge is -2.39. The van der Waals surface area contributed by atoms with Crippen LogP contribution in [0.15, 0.2) is 0 Å². The first-order chi connectivity index (χ1) is 14.6. The van der Waals surface area contributed by atoms with Crippen LogP contribution < -0.4 is 4.74 Å². The molecule has 1 rings (SSSR count). The second-order valence-electron chi connectivity index (χ2n) is 5.96. The van der Waals surface area contributed by atoms with Crippen LogP contribution in [-0.2, 0) is 10.8 Å². The van der Waals surface area contributed by atoms with Crippen LogP contribution in [0.4, 0.5) is 79.0 Å². The molecule has 0 unspecified atom stereocenters. The van der Waals surface area contributed by atoms with Crippen molar-refractivity contribution < 1.29 is 83.8 Å². The van der Waals surface area contributed by atoms with Crippen LogP contribution in [0.2, 0.25) is 0 Å². The van der Waals surface area contributed by atoms with E-state index < -0.39 is 65.5 Å². The highest BCUT2D eigenvalue weighted by Crippen LogP contribution is 2.62. The topological polar surface area (TPSA) is 47.9 Å². The largest absolute Gasteiger partial charge is 0.467 e. The smallest absolute Gasteiger partial charge is 0.419 e.